The minimum atomic E-state index is 0.185. The number of nitrogens with zero attached hydrogens (tertiary/aromatic N) is 1. The van der Waals surface area contributed by atoms with E-state index in [1.54, 1.807) is 6.20 Å². The van der Waals surface area contributed by atoms with Gasteiger partial charge in [0.2, 0.25) is 0 Å². The normalized spacial score (nSPS) is 19.1. The number of rotatable bonds is 6. The van der Waals surface area contributed by atoms with Crippen LogP contribution in [-0.4, -0.2) is 24.2 Å². The van der Waals surface area contributed by atoms with Crippen molar-refractivity contribution in [3.63, 3.8) is 0 Å². The Morgan fingerprint density at radius 3 is 2.83 bits per heavy atom. The second-order valence-electron chi connectivity index (χ2n) is 5.89. The van der Waals surface area contributed by atoms with Gasteiger partial charge in [0.1, 0.15) is 11.9 Å². The number of hydrogen-bond donors (Lipinski definition) is 1. The molecule has 0 radical (unpaired) electrons. The van der Waals surface area contributed by atoms with Crippen LogP contribution in [0.4, 0.5) is 0 Å². The van der Waals surface area contributed by atoms with E-state index in [-0.39, 0.29) is 6.10 Å². The van der Waals surface area contributed by atoms with Gasteiger partial charge in [-0.2, -0.15) is 0 Å². The molecule has 0 bridgehead atoms. The molecule has 4 heteroatoms. The highest BCUT2D eigenvalue weighted by Gasteiger charge is 2.25. The number of pyridine rings is 1. The van der Waals surface area contributed by atoms with Crippen molar-refractivity contribution in [1.29, 1.82) is 0 Å². The van der Waals surface area contributed by atoms with Gasteiger partial charge >= 0.3 is 0 Å². The van der Waals surface area contributed by atoms with Crippen LogP contribution in [0.3, 0.4) is 0 Å². The standard InChI is InChI=1S/C19H24N2O2/c1-2-17(15-8-6-12-20-14-15)23-18-11-7-13-21-19(18)22-16-9-4-3-5-10-16/h3-5,7,9-11,13,15,17,20H,2,6,8,12,14H2,1H3/t15-,17-/m0/s1. The summed E-state index contributed by atoms with van der Waals surface area (Å²) in [7, 11) is 0. The Hall–Kier alpha value is -2.07. The molecule has 1 aliphatic heterocycles. The highest BCUT2D eigenvalue weighted by Crippen LogP contribution is 2.31. The number of piperidine rings is 1. The van der Waals surface area contributed by atoms with Crippen LogP contribution >= 0.6 is 0 Å². The molecule has 0 aliphatic carbocycles. The maximum atomic E-state index is 6.28. The zero-order chi connectivity index (χ0) is 15.9. The molecule has 2 heterocycles. The third kappa shape index (κ3) is 4.23. The van der Waals surface area contributed by atoms with Crippen LogP contribution < -0.4 is 14.8 Å². The number of nitrogens with one attached hydrogen (secondary N) is 1. The Labute approximate surface area is 137 Å². The van der Waals surface area contributed by atoms with Gasteiger partial charge in [0.15, 0.2) is 5.75 Å². The van der Waals surface area contributed by atoms with Crippen molar-refractivity contribution in [3.05, 3.63) is 48.7 Å². The SMILES string of the molecule is CC[C@H](Oc1cccnc1Oc1ccccc1)[C@H]1CCCNC1. The predicted molar refractivity (Wildman–Crippen MR) is 91.1 cm³/mol. The zero-order valence-electron chi connectivity index (χ0n) is 13.6. The first-order valence-corrected chi connectivity index (χ1v) is 8.42. The molecule has 1 aliphatic rings. The molecule has 0 unspecified atom stereocenters. The van der Waals surface area contributed by atoms with E-state index >= 15 is 0 Å². The van der Waals surface area contributed by atoms with Crippen molar-refractivity contribution in [2.24, 2.45) is 5.92 Å². The number of benzene rings is 1. The molecule has 1 aromatic heterocycles. The second kappa shape index (κ2) is 7.97. The van der Waals surface area contributed by atoms with Crippen LogP contribution in [-0.2, 0) is 0 Å². The van der Waals surface area contributed by atoms with E-state index in [9.17, 15) is 0 Å². The quantitative estimate of drug-likeness (QED) is 0.874. The topological polar surface area (TPSA) is 43.4 Å². The lowest BCUT2D eigenvalue weighted by Crippen LogP contribution is -2.39. The average molecular weight is 312 g/mol. The Morgan fingerprint density at radius 2 is 2.09 bits per heavy atom. The van der Waals surface area contributed by atoms with Gasteiger partial charge < -0.3 is 14.8 Å². The van der Waals surface area contributed by atoms with Crippen LogP contribution in [0.2, 0.25) is 0 Å². The smallest absolute Gasteiger partial charge is 0.262 e. The summed E-state index contributed by atoms with van der Waals surface area (Å²) in [5.74, 6) is 2.55. The van der Waals surface area contributed by atoms with Gasteiger partial charge in [0.25, 0.3) is 5.88 Å². The molecule has 2 aromatic rings. The maximum Gasteiger partial charge on any atom is 0.262 e. The lowest BCUT2D eigenvalue weighted by molar-refractivity contribution is 0.108. The van der Waals surface area contributed by atoms with Gasteiger partial charge in [-0.3, -0.25) is 0 Å². The molecule has 0 spiro atoms. The van der Waals surface area contributed by atoms with Gasteiger partial charge in [-0.05, 0) is 50.1 Å². The summed E-state index contributed by atoms with van der Waals surface area (Å²) in [5.41, 5.74) is 0. The molecule has 2 atom stereocenters. The highest BCUT2D eigenvalue weighted by molar-refractivity contribution is 5.37. The first kappa shape index (κ1) is 15.8. The zero-order valence-corrected chi connectivity index (χ0v) is 13.6. The fourth-order valence-corrected chi connectivity index (χ4v) is 3.01. The van der Waals surface area contributed by atoms with E-state index in [4.69, 9.17) is 9.47 Å². The van der Waals surface area contributed by atoms with Crippen molar-refractivity contribution in [2.75, 3.05) is 13.1 Å². The van der Waals surface area contributed by atoms with Gasteiger partial charge in [-0.25, -0.2) is 4.98 Å². The van der Waals surface area contributed by atoms with E-state index in [0.717, 1.165) is 25.3 Å². The molecule has 0 amide bonds. The van der Waals surface area contributed by atoms with Crippen molar-refractivity contribution in [1.82, 2.24) is 10.3 Å². The van der Waals surface area contributed by atoms with Crippen molar-refractivity contribution in [2.45, 2.75) is 32.3 Å². The van der Waals surface area contributed by atoms with E-state index < -0.39 is 0 Å². The summed E-state index contributed by atoms with van der Waals surface area (Å²) in [6, 6.07) is 13.5. The third-order valence-corrected chi connectivity index (χ3v) is 4.24. The van der Waals surface area contributed by atoms with E-state index in [1.807, 2.05) is 42.5 Å². The van der Waals surface area contributed by atoms with E-state index in [0.29, 0.717) is 17.5 Å². The molecule has 122 valence electrons. The fourth-order valence-electron chi connectivity index (χ4n) is 3.01. The summed E-state index contributed by atoms with van der Waals surface area (Å²) in [4.78, 5) is 4.34. The first-order valence-electron chi connectivity index (χ1n) is 8.42. The largest absolute Gasteiger partial charge is 0.484 e. The molecule has 23 heavy (non-hydrogen) atoms. The Morgan fingerprint density at radius 1 is 1.22 bits per heavy atom. The lowest BCUT2D eigenvalue weighted by atomic mass is 9.92. The van der Waals surface area contributed by atoms with Crippen LogP contribution in [0.25, 0.3) is 0 Å². The predicted octanol–water partition coefficient (Wildman–Crippen LogP) is 4.03. The van der Waals surface area contributed by atoms with Crippen molar-refractivity contribution >= 4 is 0 Å². The first-order chi connectivity index (χ1) is 11.4. The Balaban J connectivity index is 1.73. The molecule has 4 nitrogen and oxygen atoms in total. The number of para-hydroxylation sites is 1. The summed E-state index contributed by atoms with van der Waals surface area (Å²) in [6.45, 7) is 4.31. The van der Waals surface area contributed by atoms with Crippen LogP contribution in [0.5, 0.6) is 17.4 Å². The summed E-state index contributed by atoms with van der Waals surface area (Å²) < 4.78 is 12.2. The molecular formula is C19H24N2O2. The second-order valence-corrected chi connectivity index (χ2v) is 5.89. The fraction of sp³-hybridized carbons (Fsp3) is 0.421. The van der Waals surface area contributed by atoms with Gasteiger partial charge in [0.05, 0.1) is 0 Å². The number of ether oxygens (including phenoxy) is 2. The molecule has 1 saturated heterocycles. The van der Waals surface area contributed by atoms with Crippen LogP contribution in [0.15, 0.2) is 48.7 Å². The molecule has 0 saturated carbocycles. The van der Waals surface area contributed by atoms with Gasteiger partial charge in [-0.15, -0.1) is 0 Å². The van der Waals surface area contributed by atoms with E-state index in [2.05, 4.69) is 17.2 Å². The van der Waals surface area contributed by atoms with Crippen molar-refractivity contribution < 1.29 is 9.47 Å². The summed E-state index contributed by atoms with van der Waals surface area (Å²) in [6.07, 6.45) is 5.32. The minimum Gasteiger partial charge on any atom is -0.484 e. The summed E-state index contributed by atoms with van der Waals surface area (Å²) >= 11 is 0. The molecule has 1 aromatic carbocycles. The number of hydrogen-bond acceptors (Lipinski definition) is 4. The Kier molecular flexibility index (Phi) is 5.48. The van der Waals surface area contributed by atoms with Crippen LogP contribution in [0, 0.1) is 5.92 Å². The van der Waals surface area contributed by atoms with Crippen molar-refractivity contribution in [3.8, 4) is 17.4 Å². The van der Waals surface area contributed by atoms with Gasteiger partial charge in [0, 0.05) is 18.7 Å². The minimum absolute atomic E-state index is 0.185. The monoisotopic (exact) mass is 312 g/mol. The maximum absolute atomic E-state index is 6.28. The molecule has 1 fully saturated rings. The third-order valence-electron chi connectivity index (χ3n) is 4.24. The summed E-state index contributed by atoms with van der Waals surface area (Å²) in [5, 5.41) is 3.46. The van der Waals surface area contributed by atoms with Crippen LogP contribution in [0.1, 0.15) is 26.2 Å². The number of aromatic nitrogens is 1. The van der Waals surface area contributed by atoms with E-state index in [1.165, 1.54) is 12.8 Å². The molecule has 3 rings (SSSR count). The lowest BCUT2D eigenvalue weighted by Gasteiger charge is -2.30. The molecular weight excluding hydrogens is 288 g/mol. The van der Waals surface area contributed by atoms with Gasteiger partial charge in [-0.1, -0.05) is 25.1 Å². The average Bonchev–Trinajstić information content (AvgIpc) is 2.62. The highest BCUT2D eigenvalue weighted by atomic mass is 16.5. The molecule has 1 N–H and O–H groups in total. The Bertz CT molecular complexity index is 597.